The minimum atomic E-state index is -4.72. The smallest absolute Gasteiger partial charge is 0.416 e. The Morgan fingerprint density at radius 2 is 1.68 bits per heavy atom. The molecular formula is C23H21F5N2O4. The van der Waals surface area contributed by atoms with Gasteiger partial charge in [0.05, 0.1) is 41.7 Å². The molecule has 0 saturated heterocycles. The van der Waals surface area contributed by atoms with Gasteiger partial charge in [-0.2, -0.15) is 13.2 Å². The molecule has 6 nitrogen and oxygen atoms in total. The molecule has 0 atom stereocenters. The maximum Gasteiger partial charge on any atom is 0.416 e. The molecule has 182 valence electrons. The second-order valence-corrected chi connectivity index (χ2v) is 7.82. The molecule has 2 N–H and O–H groups in total. The van der Waals surface area contributed by atoms with Crippen LogP contribution >= 0.6 is 0 Å². The van der Waals surface area contributed by atoms with Crippen molar-refractivity contribution in [2.45, 2.75) is 32.5 Å². The molecule has 0 aliphatic heterocycles. The predicted molar refractivity (Wildman–Crippen MR) is 114 cm³/mol. The number of benzene rings is 2. The third kappa shape index (κ3) is 7.10. The molecule has 0 bridgehead atoms. The van der Waals surface area contributed by atoms with Crippen molar-refractivity contribution in [2.75, 3.05) is 19.0 Å². The fourth-order valence-electron chi connectivity index (χ4n) is 2.59. The van der Waals surface area contributed by atoms with Crippen molar-refractivity contribution < 1.29 is 41.0 Å². The van der Waals surface area contributed by atoms with Gasteiger partial charge < -0.3 is 20.1 Å². The molecule has 0 spiro atoms. The summed E-state index contributed by atoms with van der Waals surface area (Å²) in [7, 11) is 0.985. The number of alkyl halides is 3. The second kappa shape index (κ2) is 10.4. The number of nitrogens with one attached hydrogen (secondary N) is 2. The number of hydrogen-bond donors (Lipinski definition) is 2. The number of carbonyl (C=O) groups is 2. The summed E-state index contributed by atoms with van der Waals surface area (Å²) >= 11 is 0. The average molecular weight is 484 g/mol. The summed E-state index contributed by atoms with van der Waals surface area (Å²) in [6, 6.07) is 4.12. The van der Waals surface area contributed by atoms with E-state index in [-0.39, 0.29) is 17.9 Å². The minimum Gasteiger partial charge on any atom is -0.465 e. The molecule has 2 rings (SSSR count). The first-order valence-corrected chi connectivity index (χ1v) is 9.73. The Morgan fingerprint density at radius 1 is 1.03 bits per heavy atom. The van der Waals surface area contributed by atoms with Crippen molar-refractivity contribution in [3.05, 3.63) is 58.7 Å². The van der Waals surface area contributed by atoms with Crippen molar-refractivity contribution in [2.24, 2.45) is 0 Å². The first-order valence-electron chi connectivity index (χ1n) is 9.73. The number of hydrogen-bond acceptors (Lipinski definition) is 5. The zero-order valence-corrected chi connectivity index (χ0v) is 18.6. The lowest BCUT2D eigenvalue weighted by atomic mass is 10.1. The summed E-state index contributed by atoms with van der Waals surface area (Å²) in [6.07, 6.45) is -5.49. The first kappa shape index (κ1) is 26.4. The average Bonchev–Trinajstić information content (AvgIpc) is 2.73. The molecule has 11 heteroatoms. The standard InChI is InChI=1S/C23H21F5N2O4/c1-22(2,3)34-21(32)29-11-5-6-14-17(10-8-16(24)19(14)25)30-18-9-7-13(23(26,27)28)12-15(18)20(31)33-4/h7-10,12,30H,11H2,1-4H3,(H,29,32). The summed E-state index contributed by atoms with van der Waals surface area (Å²) in [5, 5.41) is 4.92. The molecule has 1 amide bonds. The van der Waals surface area contributed by atoms with E-state index in [0.717, 1.165) is 25.3 Å². The van der Waals surface area contributed by atoms with E-state index in [4.69, 9.17) is 4.74 Å². The van der Waals surface area contributed by atoms with Crippen LogP contribution in [-0.2, 0) is 15.7 Å². The Labute approximate surface area is 192 Å². The van der Waals surface area contributed by atoms with Gasteiger partial charge in [-0.15, -0.1) is 0 Å². The van der Waals surface area contributed by atoms with E-state index in [9.17, 15) is 31.5 Å². The highest BCUT2D eigenvalue weighted by Gasteiger charge is 2.32. The zero-order chi connectivity index (χ0) is 25.7. The Kier molecular flexibility index (Phi) is 8.10. The maximum atomic E-state index is 14.4. The summed E-state index contributed by atoms with van der Waals surface area (Å²) in [4.78, 5) is 23.7. The lowest BCUT2D eigenvalue weighted by Gasteiger charge is -2.19. The molecular weight excluding hydrogens is 463 g/mol. The quantitative estimate of drug-likeness (QED) is 0.346. The van der Waals surface area contributed by atoms with Crippen LogP contribution in [0.3, 0.4) is 0 Å². The molecule has 0 aromatic heterocycles. The number of rotatable bonds is 4. The van der Waals surface area contributed by atoms with Crippen LogP contribution in [0.15, 0.2) is 30.3 Å². The van der Waals surface area contributed by atoms with Crippen LogP contribution in [0.25, 0.3) is 0 Å². The number of anilines is 2. The van der Waals surface area contributed by atoms with Crippen LogP contribution < -0.4 is 10.6 Å². The number of esters is 1. The number of ether oxygens (including phenoxy) is 2. The maximum absolute atomic E-state index is 14.4. The fourth-order valence-corrected chi connectivity index (χ4v) is 2.59. The Bertz CT molecular complexity index is 1150. The van der Waals surface area contributed by atoms with Gasteiger partial charge >= 0.3 is 18.2 Å². The van der Waals surface area contributed by atoms with Crippen molar-refractivity contribution in [1.29, 1.82) is 0 Å². The molecule has 0 aliphatic carbocycles. The van der Waals surface area contributed by atoms with E-state index in [1.165, 1.54) is 0 Å². The number of amides is 1. The number of halogens is 5. The van der Waals surface area contributed by atoms with Gasteiger partial charge in [0.1, 0.15) is 5.60 Å². The van der Waals surface area contributed by atoms with E-state index >= 15 is 0 Å². The van der Waals surface area contributed by atoms with E-state index in [0.29, 0.717) is 12.1 Å². The van der Waals surface area contributed by atoms with Gasteiger partial charge in [-0.05, 0) is 51.1 Å². The predicted octanol–water partition coefficient (Wildman–Crippen LogP) is 5.39. The molecule has 0 heterocycles. The van der Waals surface area contributed by atoms with E-state index in [1.54, 1.807) is 20.8 Å². The van der Waals surface area contributed by atoms with Gasteiger partial charge in [0, 0.05) is 0 Å². The normalized spacial score (nSPS) is 11.2. The van der Waals surface area contributed by atoms with Crippen molar-refractivity contribution in [3.8, 4) is 11.8 Å². The highest BCUT2D eigenvalue weighted by atomic mass is 19.4. The molecule has 2 aromatic rings. The van der Waals surface area contributed by atoms with Crippen molar-refractivity contribution >= 4 is 23.4 Å². The Morgan fingerprint density at radius 3 is 2.26 bits per heavy atom. The van der Waals surface area contributed by atoms with E-state index in [2.05, 4.69) is 27.2 Å². The van der Waals surface area contributed by atoms with Gasteiger partial charge in [-0.25, -0.2) is 18.4 Å². The van der Waals surface area contributed by atoms with Gasteiger partial charge in [0.25, 0.3) is 0 Å². The van der Waals surface area contributed by atoms with Gasteiger partial charge in [0.15, 0.2) is 11.6 Å². The first-order chi connectivity index (χ1) is 15.7. The largest absolute Gasteiger partial charge is 0.465 e. The Balaban J connectivity index is 2.38. The summed E-state index contributed by atoms with van der Waals surface area (Å²) in [5.74, 6) is 1.17. The molecule has 0 unspecified atom stereocenters. The third-order valence-electron chi connectivity index (χ3n) is 4.05. The van der Waals surface area contributed by atoms with Crippen LogP contribution in [-0.4, -0.2) is 31.3 Å². The minimum absolute atomic E-state index is 0.131. The SMILES string of the molecule is COC(=O)c1cc(C(F)(F)F)ccc1Nc1ccc(F)c(F)c1C#CCNC(=O)OC(C)(C)C. The molecule has 0 fully saturated rings. The molecule has 2 aromatic carbocycles. The summed E-state index contributed by atoms with van der Waals surface area (Å²) in [5.41, 5.74) is -3.08. The van der Waals surface area contributed by atoms with E-state index in [1.807, 2.05) is 0 Å². The summed E-state index contributed by atoms with van der Waals surface area (Å²) in [6.45, 7) is 4.70. The summed E-state index contributed by atoms with van der Waals surface area (Å²) < 4.78 is 77.0. The van der Waals surface area contributed by atoms with Gasteiger partial charge in [0.2, 0.25) is 0 Å². The lowest BCUT2D eigenvalue weighted by molar-refractivity contribution is -0.137. The highest BCUT2D eigenvalue weighted by Crippen LogP contribution is 2.34. The van der Waals surface area contributed by atoms with Crippen LogP contribution in [0.5, 0.6) is 0 Å². The lowest BCUT2D eigenvalue weighted by Crippen LogP contribution is -2.32. The molecule has 0 aliphatic rings. The highest BCUT2D eigenvalue weighted by molar-refractivity contribution is 5.97. The Hall–Kier alpha value is -3.81. The fraction of sp³-hybridized carbons (Fsp3) is 0.304. The van der Waals surface area contributed by atoms with E-state index < -0.39 is 52.2 Å². The molecule has 0 radical (unpaired) electrons. The van der Waals surface area contributed by atoms with Crippen molar-refractivity contribution in [1.82, 2.24) is 5.32 Å². The zero-order valence-electron chi connectivity index (χ0n) is 18.6. The van der Waals surface area contributed by atoms with Gasteiger partial charge in [-0.1, -0.05) is 11.8 Å². The monoisotopic (exact) mass is 484 g/mol. The van der Waals surface area contributed by atoms with Crippen molar-refractivity contribution in [3.63, 3.8) is 0 Å². The number of alkyl carbamates (subject to hydrolysis) is 1. The van der Waals surface area contributed by atoms with Crippen LogP contribution in [0.1, 0.15) is 42.3 Å². The van der Waals surface area contributed by atoms with Crippen LogP contribution in [0, 0.1) is 23.5 Å². The number of methoxy groups -OCH3 is 1. The molecule has 0 saturated carbocycles. The topological polar surface area (TPSA) is 76.7 Å². The second-order valence-electron chi connectivity index (χ2n) is 7.82. The van der Waals surface area contributed by atoms with Gasteiger partial charge in [-0.3, -0.25) is 0 Å². The van der Waals surface area contributed by atoms with Crippen LogP contribution in [0.2, 0.25) is 0 Å². The third-order valence-corrected chi connectivity index (χ3v) is 4.05. The molecule has 34 heavy (non-hydrogen) atoms. The van der Waals surface area contributed by atoms with Crippen LogP contribution in [0.4, 0.5) is 38.1 Å². The number of carbonyl (C=O) groups excluding carboxylic acids is 2.